The standard InChI is InChI=1S/C17H17ClFN3O2S/c1-2-23-16-8-11(9-21-22-17(20)25)6-7-15(16)24-10-12-13(18)4-3-5-14(12)19/h3-9H,2,10H2,1H3,(H3,20,22,25)/b21-9+. The first-order valence-electron chi connectivity index (χ1n) is 7.42. The normalized spacial score (nSPS) is 10.7. The number of hydrogen-bond acceptors (Lipinski definition) is 4. The Kier molecular flexibility index (Phi) is 6.97. The van der Waals surface area contributed by atoms with E-state index in [4.69, 9.17) is 26.8 Å². The number of halogens is 2. The quantitative estimate of drug-likeness (QED) is 0.435. The minimum absolute atomic E-state index is 0.0119. The molecular weight excluding hydrogens is 365 g/mol. The molecule has 0 unspecified atom stereocenters. The van der Waals surface area contributed by atoms with Crippen LogP contribution >= 0.6 is 23.8 Å². The summed E-state index contributed by atoms with van der Waals surface area (Å²) in [4.78, 5) is 0. The van der Waals surface area contributed by atoms with Gasteiger partial charge in [0.2, 0.25) is 0 Å². The fourth-order valence-electron chi connectivity index (χ4n) is 1.98. The highest BCUT2D eigenvalue weighted by Gasteiger charge is 2.11. The van der Waals surface area contributed by atoms with Gasteiger partial charge in [-0.15, -0.1) is 0 Å². The molecule has 0 saturated carbocycles. The van der Waals surface area contributed by atoms with Crippen molar-refractivity contribution < 1.29 is 13.9 Å². The topological polar surface area (TPSA) is 68.9 Å². The SMILES string of the molecule is CCOc1cc(/C=N/NC(N)=S)ccc1OCc1c(F)cccc1Cl. The Hall–Kier alpha value is -2.38. The van der Waals surface area contributed by atoms with Crippen LogP contribution in [0, 0.1) is 5.82 Å². The monoisotopic (exact) mass is 381 g/mol. The van der Waals surface area contributed by atoms with E-state index in [2.05, 4.69) is 22.7 Å². The van der Waals surface area contributed by atoms with Gasteiger partial charge in [0, 0.05) is 5.56 Å². The molecule has 2 aromatic carbocycles. The average Bonchev–Trinajstić information content (AvgIpc) is 2.56. The minimum Gasteiger partial charge on any atom is -0.490 e. The van der Waals surface area contributed by atoms with E-state index in [1.807, 2.05) is 6.92 Å². The number of benzene rings is 2. The summed E-state index contributed by atoms with van der Waals surface area (Å²) in [6, 6.07) is 9.71. The van der Waals surface area contributed by atoms with Crippen molar-refractivity contribution in [2.75, 3.05) is 6.61 Å². The van der Waals surface area contributed by atoms with E-state index in [0.29, 0.717) is 23.1 Å². The highest BCUT2D eigenvalue weighted by Crippen LogP contribution is 2.30. The van der Waals surface area contributed by atoms with Crippen LogP contribution in [0.5, 0.6) is 11.5 Å². The van der Waals surface area contributed by atoms with Crippen molar-refractivity contribution in [2.24, 2.45) is 10.8 Å². The third-order valence-electron chi connectivity index (χ3n) is 3.09. The Morgan fingerprint density at radius 1 is 1.32 bits per heavy atom. The number of rotatable bonds is 7. The molecule has 0 aliphatic carbocycles. The van der Waals surface area contributed by atoms with Gasteiger partial charge in [0.15, 0.2) is 16.6 Å². The molecule has 0 atom stereocenters. The molecule has 0 amide bonds. The zero-order chi connectivity index (χ0) is 18.2. The third-order valence-corrected chi connectivity index (χ3v) is 3.54. The summed E-state index contributed by atoms with van der Waals surface area (Å²) in [5.74, 6) is 0.563. The van der Waals surface area contributed by atoms with Crippen molar-refractivity contribution in [3.63, 3.8) is 0 Å². The van der Waals surface area contributed by atoms with Crippen LogP contribution in [-0.4, -0.2) is 17.9 Å². The van der Waals surface area contributed by atoms with Crippen LogP contribution in [0.15, 0.2) is 41.5 Å². The van der Waals surface area contributed by atoms with Gasteiger partial charge in [-0.05, 0) is 55.0 Å². The summed E-state index contributed by atoms with van der Waals surface area (Å²) in [6.07, 6.45) is 1.54. The van der Waals surface area contributed by atoms with Crippen LogP contribution in [0.4, 0.5) is 4.39 Å². The first kappa shape index (κ1) is 19.0. The molecule has 3 N–H and O–H groups in total. The lowest BCUT2D eigenvalue weighted by atomic mass is 10.2. The molecule has 132 valence electrons. The van der Waals surface area contributed by atoms with Gasteiger partial charge in [-0.1, -0.05) is 17.7 Å². The summed E-state index contributed by atoms with van der Waals surface area (Å²) in [7, 11) is 0. The largest absolute Gasteiger partial charge is 0.490 e. The molecule has 0 spiro atoms. The Bertz CT molecular complexity index is 766. The summed E-state index contributed by atoms with van der Waals surface area (Å²) in [5, 5.41) is 4.27. The van der Waals surface area contributed by atoms with E-state index in [1.54, 1.807) is 36.5 Å². The van der Waals surface area contributed by atoms with E-state index in [-0.39, 0.29) is 17.3 Å². The summed E-state index contributed by atoms with van der Waals surface area (Å²) in [6.45, 7) is 2.29. The number of ether oxygens (including phenoxy) is 2. The fraction of sp³-hybridized carbons (Fsp3) is 0.176. The van der Waals surface area contributed by atoms with E-state index >= 15 is 0 Å². The van der Waals surface area contributed by atoms with Crippen LogP contribution in [0.1, 0.15) is 18.1 Å². The van der Waals surface area contributed by atoms with Gasteiger partial charge >= 0.3 is 0 Å². The Morgan fingerprint density at radius 2 is 2.12 bits per heavy atom. The van der Waals surface area contributed by atoms with Crippen molar-refractivity contribution in [1.82, 2.24) is 5.43 Å². The lowest BCUT2D eigenvalue weighted by Crippen LogP contribution is -2.23. The van der Waals surface area contributed by atoms with Gasteiger partial charge in [-0.3, -0.25) is 5.43 Å². The van der Waals surface area contributed by atoms with E-state index in [9.17, 15) is 4.39 Å². The average molecular weight is 382 g/mol. The molecule has 0 aromatic heterocycles. The number of thiocarbonyl (C=S) groups is 1. The third kappa shape index (κ3) is 5.58. The maximum atomic E-state index is 13.8. The van der Waals surface area contributed by atoms with Crippen LogP contribution in [0.25, 0.3) is 0 Å². The first-order chi connectivity index (χ1) is 12.0. The van der Waals surface area contributed by atoms with Crippen LogP contribution < -0.4 is 20.6 Å². The lowest BCUT2D eigenvalue weighted by molar-refractivity contribution is 0.266. The molecule has 0 saturated heterocycles. The highest BCUT2D eigenvalue weighted by atomic mass is 35.5. The number of nitrogens with zero attached hydrogens (tertiary/aromatic N) is 1. The second kappa shape index (κ2) is 9.19. The molecule has 5 nitrogen and oxygen atoms in total. The summed E-state index contributed by atoms with van der Waals surface area (Å²) < 4.78 is 25.1. The molecule has 0 heterocycles. The van der Waals surface area contributed by atoms with E-state index < -0.39 is 5.82 Å². The summed E-state index contributed by atoms with van der Waals surface area (Å²) >= 11 is 10.7. The Labute approximate surface area is 155 Å². The maximum Gasteiger partial charge on any atom is 0.184 e. The van der Waals surface area contributed by atoms with Crippen LogP contribution in [0.2, 0.25) is 5.02 Å². The van der Waals surface area contributed by atoms with Crippen molar-refractivity contribution >= 4 is 35.1 Å². The highest BCUT2D eigenvalue weighted by molar-refractivity contribution is 7.80. The second-order valence-electron chi connectivity index (χ2n) is 4.86. The molecule has 0 radical (unpaired) electrons. The van der Waals surface area contributed by atoms with E-state index in [0.717, 1.165) is 5.56 Å². The molecule has 0 aliphatic heterocycles. The van der Waals surface area contributed by atoms with Gasteiger partial charge in [-0.2, -0.15) is 5.10 Å². The van der Waals surface area contributed by atoms with Crippen molar-refractivity contribution in [3.05, 3.63) is 58.4 Å². The Morgan fingerprint density at radius 3 is 2.80 bits per heavy atom. The van der Waals surface area contributed by atoms with Crippen molar-refractivity contribution in [1.29, 1.82) is 0 Å². The predicted molar refractivity (Wildman–Crippen MR) is 101 cm³/mol. The molecule has 0 aliphatic rings. The lowest BCUT2D eigenvalue weighted by Gasteiger charge is -2.13. The van der Waals surface area contributed by atoms with Gasteiger partial charge in [0.25, 0.3) is 0 Å². The van der Waals surface area contributed by atoms with Gasteiger partial charge in [0.1, 0.15) is 12.4 Å². The van der Waals surface area contributed by atoms with Crippen molar-refractivity contribution in [3.8, 4) is 11.5 Å². The van der Waals surface area contributed by atoms with Gasteiger partial charge < -0.3 is 15.2 Å². The maximum absolute atomic E-state index is 13.8. The van der Waals surface area contributed by atoms with Gasteiger partial charge in [0.05, 0.1) is 17.8 Å². The first-order valence-corrected chi connectivity index (χ1v) is 8.21. The zero-order valence-corrected chi connectivity index (χ0v) is 15.0. The smallest absolute Gasteiger partial charge is 0.184 e. The fourth-order valence-corrected chi connectivity index (χ4v) is 2.25. The van der Waals surface area contributed by atoms with Crippen LogP contribution in [0.3, 0.4) is 0 Å². The second-order valence-corrected chi connectivity index (χ2v) is 5.71. The number of hydrogen-bond donors (Lipinski definition) is 2. The zero-order valence-electron chi connectivity index (χ0n) is 13.5. The number of nitrogens with one attached hydrogen (secondary N) is 1. The van der Waals surface area contributed by atoms with Gasteiger partial charge in [-0.25, -0.2) is 4.39 Å². The number of nitrogens with two attached hydrogens (primary N) is 1. The molecule has 0 fully saturated rings. The Balaban J connectivity index is 2.16. The predicted octanol–water partition coefficient (Wildman–Crippen LogP) is 3.62. The van der Waals surface area contributed by atoms with Crippen LogP contribution in [-0.2, 0) is 6.61 Å². The summed E-state index contributed by atoms with van der Waals surface area (Å²) in [5.41, 5.74) is 8.81. The molecular formula is C17H17ClFN3O2S. The molecule has 25 heavy (non-hydrogen) atoms. The molecule has 0 bridgehead atoms. The number of hydrazone groups is 1. The molecule has 8 heteroatoms. The van der Waals surface area contributed by atoms with Crippen molar-refractivity contribution in [2.45, 2.75) is 13.5 Å². The molecule has 2 aromatic rings. The minimum atomic E-state index is -0.418. The molecule has 2 rings (SSSR count). The van der Waals surface area contributed by atoms with E-state index in [1.165, 1.54) is 6.07 Å².